The lowest BCUT2D eigenvalue weighted by molar-refractivity contribution is -0.141. The molecule has 162 valence electrons. The molecule has 0 atom stereocenters. The molecule has 3 N–H and O–H groups in total. The van der Waals surface area contributed by atoms with Crippen LogP contribution in [0.15, 0.2) is 47.4 Å². The van der Waals surface area contributed by atoms with Gasteiger partial charge in [-0.05, 0) is 18.2 Å². The highest BCUT2D eigenvalue weighted by Gasteiger charge is 2.32. The average molecular weight is 437 g/mol. The van der Waals surface area contributed by atoms with Crippen LogP contribution in [0.25, 0.3) is 10.9 Å². The number of para-hydroxylation sites is 1. The minimum Gasteiger partial charge on any atom is -0.506 e. The van der Waals surface area contributed by atoms with E-state index in [0.717, 1.165) is 18.3 Å². The lowest BCUT2D eigenvalue weighted by atomic mass is 10.1. The van der Waals surface area contributed by atoms with E-state index in [-0.39, 0.29) is 23.1 Å². The summed E-state index contributed by atoms with van der Waals surface area (Å²) in [4.78, 5) is 44.4. The van der Waals surface area contributed by atoms with Crippen molar-refractivity contribution >= 4 is 22.8 Å². The molecule has 0 aliphatic rings. The Labute approximate surface area is 171 Å². The standard InChI is InChI=1S/C19H14F3N3O6/c20-19(21,22)13-6-5-10(7-23-13)9-31-25-12-4-2-1-3-11(12)16(28)15(18(25)30)17(29)24-8-14(26)27/h1-7,28H,8-9H2,(H,24,29)(H,26,27). The van der Waals surface area contributed by atoms with Crippen LogP contribution in [0.2, 0.25) is 0 Å². The number of hydrogen-bond acceptors (Lipinski definition) is 6. The van der Waals surface area contributed by atoms with Gasteiger partial charge < -0.3 is 20.4 Å². The SMILES string of the molecule is O=C(O)CNC(=O)c1c(O)c2ccccc2n(OCc2ccc(C(F)(F)F)nc2)c1=O. The Kier molecular flexibility index (Phi) is 5.81. The number of aliphatic carboxylic acids is 1. The summed E-state index contributed by atoms with van der Waals surface area (Å²) in [5.74, 6) is -3.16. The number of carboxylic acids is 1. The molecule has 31 heavy (non-hydrogen) atoms. The number of pyridine rings is 2. The summed E-state index contributed by atoms with van der Waals surface area (Å²) in [7, 11) is 0. The third kappa shape index (κ3) is 4.57. The molecular formula is C19H14F3N3O6. The zero-order chi connectivity index (χ0) is 22.8. The van der Waals surface area contributed by atoms with Crippen molar-refractivity contribution in [2.45, 2.75) is 12.8 Å². The molecule has 12 heteroatoms. The Hall–Kier alpha value is -4.09. The summed E-state index contributed by atoms with van der Waals surface area (Å²) in [6, 6.07) is 7.74. The Morgan fingerprint density at radius 2 is 1.87 bits per heavy atom. The Morgan fingerprint density at radius 3 is 2.48 bits per heavy atom. The van der Waals surface area contributed by atoms with Crippen LogP contribution in [0.4, 0.5) is 13.2 Å². The number of rotatable bonds is 6. The molecule has 0 spiro atoms. The molecule has 9 nitrogen and oxygen atoms in total. The number of hydrogen-bond donors (Lipinski definition) is 3. The maximum absolute atomic E-state index is 12.8. The molecule has 3 aromatic rings. The molecule has 1 amide bonds. The molecule has 0 radical (unpaired) electrons. The summed E-state index contributed by atoms with van der Waals surface area (Å²) in [5, 5.41) is 21.1. The Balaban J connectivity index is 1.98. The number of aromatic nitrogens is 2. The van der Waals surface area contributed by atoms with Crippen molar-refractivity contribution in [3.05, 3.63) is 69.8 Å². The van der Waals surface area contributed by atoms with Crippen LogP contribution in [0.5, 0.6) is 5.75 Å². The van der Waals surface area contributed by atoms with Gasteiger partial charge in [-0.1, -0.05) is 18.2 Å². The quantitative estimate of drug-likeness (QED) is 0.534. The maximum atomic E-state index is 12.8. The van der Waals surface area contributed by atoms with Crippen molar-refractivity contribution in [1.29, 1.82) is 0 Å². The first-order valence-electron chi connectivity index (χ1n) is 8.61. The second kappa shape index (κ2) is 8.34. The van der Waals surface area contributed by atoms with E-state index >= 15 is 0 Å². The van der Waals surface area contributed by atoms with Crippen LogP contribution in [0.3, 0.4) is 0 Å². The minimum absolute atomic E-state index is 0.0631. The molecule has 2 aromatic heterocycles. The van der Waals surface area contributed by atoms with Gasteiger partial charge in [0.1, 0.15) is 24.6 Å². The average Bonchev–Trinajstić information content (AvgIpc) is 2.72. The van der Waals surface area contributed by atoms with Crippen molar-refractivity contribution in [2.24, 2.45) is 0 Å². The smallest absolute Gasteiger partial charge is 0.433 e. The van der Waals surface area contributed by atoms with Gasteiger partial charge in [-0.25, -0.2) is 0 Å². The van der Waals surface area contributed by atoms with E-state index in [1.54, 1.807) is 0 Å². The molecule has 0 aliphatic carbocycles. The van der Waals surface area contributed by atoms with Gasteiger partial charge in [0.15, 0.2) is 5.56 Å². The molecule has 3 rings (SSSR count). The topological polar surface area (TPSA) is 131 Å². The first-order chi connectivity index (χ1) is 14.6. The van der Waals surface area contributed by atoms with Crippen LogP contribution in [0, 0.1) is 0 Å². The number of benzene rings is 1. The van der Waals surface area contributed by atoms with E-state index in [1.165, 1.54) is 24.3 Å². The number of aromatic hydroxyl groups is 1. The largest absolute Gasteiger partial charge is 0.506 e. The van der Waals surface area contributed by atoms with Crippen molar-refractivity contribution < 1.29 is 37.8 Å². The lowest BCUT2D eigenvalue weighted by Crippen LogP contribution is -2.37. The molecule has 0 saturated heterocycles. The molecule has 1 aromatic carbocycles. The van der Waals surface area contributed by atoms with Gasteiger partial charge in [0.25, 0.3) is 11.5 Å². The fraction of sp³-hybridized carbons (Fsp3) is 0.158. The van der Waals surface area contributed by atoms with E-state index in [0.29, 0.717) is 4.73 Å². The van der Waals surface area contributed by atoms with E-state index in [2.05, 4.69) is 4.98 Å². The second-order valence-corrected chi connectivity index (χ2v) is 6.24. The third-order valence-electron chi connectivity index (χ3n) is 4.12. The molecule has 2 heterocycles. The maximum Gasteiger partial charge on any atom is 0.433 e. The van der Waals surface area contributed by atoms with Gasteiger partial charge in [-0.15, -0.1) is 4.73 Å². The predicted octanol–water partition coefficient (Wildman–Crippen LogP) is 1.56. The van der Waals surface area contributed by atoms with Crippen LogP contribution in [-0.4, -0.2) is 38.3 Å². The van der Waals surface area contributed by atoms with Gasteiger partial charge in [-0.3, -0.25) is 19.4 Å². The van der Waals surface area contributed by atoms with Gasteiger partial charge >= 0.3 is 12.1 Å². The monoisotopic (exact) mass is 437 g/mol. The summed E-state index contributed by atoms with van der Waals surface area (Å²) in [6.07, 6.45) is -3.68. The fourth-order valence-corrected chi connectivity index (χ4v) is 2.69. The normalized spacial score (nSPS) is 11.3. The third-order valence-corrected chi connectivity index (χ3v) is 4.12. The highest BCUT2D eigenvalue weighted by atomic mass is 19.4. The van der Waals surface area contributed by atoms with E-state index in [9.17, 15) is 32.7 Å². The summed E-state index contributed by atoms with van der Waals surface area (Å²) in [6.45, 7) is -1.17. The highest BCUT2D eigenvalue weighted by Crippen LogP contribution is 2.28. The molecule has 0 fully saturated rings. The number of carbonyl (C=O) groups excluding carboxylic acids is 1. The first kappa shape index (κ1) is 21.6. The summed E-state index contributed by atoms with van der Waals surface area (Å²) in [5.41, 5.74) is -2.64. The van der Waals surface area contributed by atoms with Crippen LogP contribution in [0.1, 0.15) is 21.6 Å². The Bertz CT molecular complexity index is 1210. The number of alkyl halides is 3. The van der Waals surface area contributed by atoms with Gasteiger partial charge in [0.05, 0.1) is 5.52 Å². The number of nitrogens with one attached hydrogen (secondary N) is 1. The van der Waals surface area contributed by atoms with E-state index in [1.807, 2.05) is 5.32 Å². The molecule has 0 saturated carbocycles. The molecule has 0 bridgehead atoms. The van der Waals surface area contributed by atoms with Gasteiger partial charge in [0, 0.05) is 17.1 Å². The number of carboxylic acid groups (broad SMARTS) is 1. The van der Waals surface area contributed by atoms with Crippen LogP contribution < -0.4 is 15.7 Å². The zero-order valence-electron chi connectivity index (χ0n) is 15.5. The van der Waals surface area contributed by atoms with Crippen LogP contribution >= 0.6 is 0 Å². The Morgan fingerprint density at radius 1 is 1.16 bits per heavy atom. The van der Waals surface area contributed by atoms with Crippen molar-refractivity contribution in [2.75, 3.05) is 6.54 Å². The van der Waals surface area contributed by atoms with Crippen molar-refractivity contribution in [3.8, 4) is 5.75 Å². The van der Waals surface area contributed by atoms with Crippen molar-refractivity contribution in [1.82, 2.24) is 15.0 Å². The second-order valence-electron chi connectivity index (χ2n) is 6.24. The van der Waals surface area contributed by atoms with Crippen LogP contribution in [-0.2, 0) is 17.6 Å². The van der Waals surface area contributed by atoms with Crippen molar-refractivity contribution in [3.63, 3.8) is 0 Å². The summed E-state index contributed by atoms with van der Waals surface area (Å²) < 4.78 is 38.6. The number of halogens is 3. The number of carbonyl (C=O) groups is 2. The molecule has 0 unspecified atom stereocenters. The molecule has 0 aliphatic heterocycles. The highest BCUT2D eigenvalue weighted by molar-refractivity contribution is 6.02. The predicted molar refractivity (Wildman–Crippen MR) is 99.4 cm³/mol. The number of nitrogens with zero attached hydrogens (tertiary/aromatic N) is 2. The van der Waals surface area contributed by atoms with Gasteiger partial charge in [-0.2, -0.15) is 13.2 Å². The van der Waals surface area contributed by atoms with E-state index < -0.39 is 47.2 Å². The first-order valence-corrected chi connectivity index (χ1v) is 8.61. The zero-order valence-corrected chi connectivity index (χ0v) is 15.5. The fourth-order valence-electron chi connectivity index (χ4n) is 2.69. The number of fused-ring (bicyclic) bond motifs is 1. The summed E-state index contributed by atoms with van der Waals surface area (Å²) >= 11 is 0. The van der Waals surface area contributed by atoms with Gasteiger partial charge in [0.2, 0.25) is 0 Å². The lowest BCUT2D eigenvalue weighted by Gasteiger charge is -2.15. The minimum atomic E-state index is -4.61. The number of amides is 1. The molecular weight excluding hydrogens is 423 g/mol. The van der Waals surface area contributed by atoms with E-state index in [4.69, 9.17) is 9.94 Å².